The zero-order valence-electron chi connectivity index (χ0n) is 16.0. The second-order valence-electron chi connectivity index (χ2n) is 7.62. The Hall–Kier alpha value is -2.63. The third-order valence-corrected chi connectivity index (χ3v) is 5.85. The van der Waals surface area contributed by atoms with Crippen LogP contribution < -0.4 is 10.2 Å². The third-order valence-electron chi connectivity index (χ3n) is 5.50. The molecule has 1 saturated carbocycles. The molecular weight excluding hydrogens is 386 g/mol. The van der Waals surface area contributed by atoms with Crippen molar-refractivity contribution in [1.29, 1.82) is 0 Å². The molecule has 148 valence electrons. The first-order valence-corrected chi connectivity index (χ1v) is 10.4. The van der Waals surface area contributed by atoms with E-state index in [-0.39, 0.29) is 12.0 Å². The van der Waals surface area contributed by atoms with Gasteiger partial charge in [0.15, 0.2) is 0 Å². The van der Waals surface area contributed by atoms with Crippen LogP contribution in [0.2, 0.25) is 5.02 Å². The summed E-state index contributed by atoms with van der Waals surface area (Å²) in [6, 6.07) is 17.8. The maximum absolute atomic E-state index is 12.9. The molecule has 1 aliphatic heterocycles. The Kier molecular flexibility index (Phi) is 4.86. The van der Waals surface area contributed by atoms with E-state index in [0.29, 0.717) is 29.8 Å². The van der Waals surface area contributed by atoms with E-state index in [1.54, 1.807) is 0 Å². The molecular formula is C23H22ClN3O2. The van der Waals surface area contributed by atoms with E-state index in [1.165, 1.54) is 0 Å². The lowest BCUT2D eigenvalue weighted by atomic mass is 10.1. The Balaban J connectivity index is 1.49. The number of rotatable bonds is 4. The topological polar surface area (TPSA) is 54.5 Å². The Morgan fingerprint density at radius 1 is 1.14 bits per heavy atom. The Morgan fingerprint density at radius 3 is 2.76 bits per heavy atom. The predicted octanol–water partition coefficient (Wildman–Crippen LogP) is 4.36. The highest BCUT2D eigenvalue weighted by molar-refractivity contribution is 6.31. The number of carbonyl (C=O) groups is 1. The molecule has 29 heavy (non-hydrogen) atoms. The lowest BCUT2D eigenvalue weighted by molar-refractivity contribution is 0.0396. The summed E-state index contributed by atoms with van der Waals surface area (Å²) in [5.41, 5.74) is 2.48. The van der Waals surface area contributed by atoms with E-state index in [4.69, 9.17) is 21.3 Å². The number of aromatic nitrogens is 1. The fourth-order valence-corrected chi connectivity index (χ4v) is 4.04. The maximum Gasteiger partial charge on any atom is 0.252 e. The van der Waals surface area contributed by atoms with Crippen molar-refractivity contribution in [2.24, 2.45) is 0 Å². The van der Waals surface area contributed by atoms with Crippen molar-refractivity contribution < 1.29 is 9.53 Å². The minimum absolute atomic E-state index is 0.0248. The molecule has 3 aromatic rings. The second-order valence-corrected chi connectivity index (χ2v) is 8.03. The van der Waals surface area contributed by atoms with Crippen LogP contribution in [0.4, 0.5) is 5.82 Å². The fourth-order valence-electron chi connectivity index (χ4n) is 3.78. The SMILES string of the molecule is O=C(NC1CC1)c1cc(N2CCOC(c3ccccc3Cl)C2)nc2ccccc12. The third kappa shape index (κ3) is 3.80. The molecule has 5 nitrogen and oxygen atoms in total. The van der Waals surface area contributed by atoms with E-state index in [2.05, 4.69) is 10.2 Å². The normalized spacial score (nSPS) is 19.3. The molecule has 2 aliphatic rings. The molecule has 1 aromatic heterocycles. The van der Waals surface area contributed by atoms with Crippen LogP contribution >= 0.6 is 11.6 Å². The summed E-state index contributed by atoms with van der Waals surface area (Å²) < 4.78 is 5.99. The Morgan fingerprint density at radius 2 is 1.93 bits per heavy atom. The summed E-state index contributed by atoms with van der Waals surface area (Å²) >= 11 is 6.38. The minimum Gasteiger partial charge on any atom is -0.370 e. The van der Waals surface area contributed by atoms with Crippen LogP contribution in [0.3, 0.4) is 0 Å². The molecule has 5 rings (SSSR count). The largest absolute Gasteiger partial charge is 0.370 e. The zero-order valence-corrected chi connectivity index (χ0v) is 16.7. The number of hydrogen-bond acceptors (Lipinski definition) is 4. The van der Waals surface area contributed by atoms with Crippen LogP contribution in [0.1, 0.15) is 34.9 Å². The van der Waals surface area contributed by atoms with Gasteiger partial charge in [-0.3, -0.25) is 4.79 Å². The molecule has 2 aromatic carbocycles. The van der Waals surface area contributed by atoms with Gasteiger partial charge in [0.1, 0.15) is 11.9 Å². The molecule has 6 heteroatoms. The average Bonchev–Trinajstić information content (AvgIpc) is 3.57. The summed E-state index contributed by atoms with van der Waals surface area (Å²) in [5.74, 6) is 0.772. The highest BCUT2D eigenvalue weighted by atomic mass is 35.5. The number of pyridine rings is 1. The number of halogens is 1. The first-order valence-electron chi connectivity index (χ1n) is 10.0. The summed E-state index contributed by atoms with van der Waals surface area (Å²) in [5, 5.41) is 4.69. The molecule has 0 radical (unpaired) electrons. The minimum atomic E-state index is -0.130. The average molecular weight is 408 g/mol. The maximum atomic E-state index is 12.9. The van der Waals surface area contributed by atoms with Crippen LogP contribution in [0.25, 0.3) is 10.9 Å². The number of hydrogen-bond donors (Lipinski definition) is 1. The van der Waals surface area contributed by atoms with Crippen molar-refractivity contribution in [3.8, 4) is 0 Å². The Labute approximate surface area is 174 Å². The van der Waals surface area contributed by atoms with E-state index in [1.807, 2.05) is 54.6 Å². The van der Waals surface area contributed by atoms with Gasteiger partial charge < -0.3 is 15.0 Å². The number of benzene rings is 2. The van der Waals surface area contributed by atoms with Gasteiger partial charge in [-0.25, -0.2) is 4.98 Å². The first kappa shape index (κ1) is 18.4. The van der Waals surface area contributed by atoms with Gasteiger partial charge in [-0.1, -0.05) is 48.0 Å². The fraction of sp³-hybridized carbons (Fsp3) is 0.304. The number of para-hydroxylation sites is 1. The van der Waals surface area contributed by atoms with Crippen LogP contribution in [-0.2, 0) is 4.74 Å². The number of anilines is 1. The van der Waals surface area contributed by atoms with E-state index in [0.717, 1.165) is 41.7 Å². The first-order chi connectivity index (χ1) is 14.2. The van der Waals surface area contributed by atoms with E-state index in [9.17, 15) is 4.79 Å². The molecule has 2 fully saturated rings. The molecule has 0 bridgehead atoms. The highest BCUT2D eigenvalue weighted by Crippen LogP contribution is 2.31. The number of amides is 1. The van der Waals surface area contributed by atoms with Crippen LogP contribution in [0.5, 0.6) is 0 Å². The molecule has 0 spiro atoms. The number of nitrogens with one attached hydrogen (secondary N) is 1. The van der Waals surface area contributed by atoms with Gasteiger partial charge in [-0.2, -0.15) is 0 Å². The molecule has 1 atom stereocenters. The van der Waals surface area contributed by atoms with Crippen molar-refractivity contribution in [1.82, 2.24) is 10.3 Å². The van der Waals surface area contributed by atoms with Gasteiger partial charge in [0.25, 0.3) is 5.91 Å². The molecule has 2 heterocycles. The number of carbonyl (C=O) groups excluding carboxylic acids is 1. The smallest absolute Gasteiger partial charge is 0.252 e. The van der Waals surface area contributed by atoms with Crippen molar-refractivity contribution in [3.05, 3.63) is 70.7 Å². The van der Waals surface area contributed by atoms with Gasteiger partial charge in [0, 0.05) is 35.1 Å². The molecule has 1 aliphatic carbocycles. The summed E-state index contributed by atoms with van der Waals surface area (Å²) in [6.45, 7) is 1.93. The quantitative estimate of drug-likeness (QED) is 0.698. The van der Waals surface area contributed by atoms with Crippen LogP contribution in [0.15, 0.2) is 54.6 Å². The van der Waals surface area contributed by atoms with Crippen molar-refractivity contribution >= 4 is 34.2 Å². The van der Waals surface area contributed by atoms with Crippen molar-refractivity contribution in [3.63, 3.8) is 0 Å². The number of nitrogens with zero attached hydrogens (tertiary/aromatic N) is 2. The molecule has 1 saturated heterocycles. The standard InChI is InChI=1S/C23H22ClN3O2/c24-19-7-3-1-6-17(19)21-14-27(11-12-29-21)22-13-18(23(28)25-15-9-10-15)16-5-2-4-8-20(16)26-22/h1-8,13,15,21H,9-12,14H2,(H,25,28). The van der Waals surface area contributed by atoms with Gasteiger partial charge in [-0.15, -0.1) is 0 Å². The van der Waals surface area contributed by atoms with E-state index < -0.39 is 0 Å². The molecule has 1 amide bonds. The summed E-state index contributed by atoms with van der Waals surface area (Å²) in [7, 11) is 0. The van der Waals surface area contributed by atoms with Gasteiger partial charge in [0.2, 0.25) is 0 Å². The number of ether oxygens (including phenoxy) is 1. The second kappa shape index (κ2) is 7.65. The Bertz CT molecular complexity index is 1070. The van der Waals surface area contributed by atoms with Crippen molar-refractivity contribution in [2.75, 3.05) is 24.6 Å². The highest BCUT2D eigenvalue weighted by Gasteiger charge is 2.27. The summed E-state index contributed by atoms with van der Waals surface area (Å²) in [6.07, 6.45) is 1.99. The van der Waals surface area contributed by atoms with Gasteiger partial charge in [0.05, 0.1) is 17.7 Å². The monoisotopic (exact) mass is 407 g/mol. The predicted molar refractivity (Wildman–Crippen MR) is 115 cm³/mol. The lowest BCUT2D eigenvalue weighted by Gasteiger charge is -2.34. The molecule has 1 N–H and O–H groups in total. The van der Waals surface area contributed by atoms with Gasteiger partial charge >= 0.3 is 0 Å². The van der Waals surface area contributed by atoms with Gasteiger partial charge in [-0.05, 0) is 31.0 Å². The molecule has 1 unspecified atom stereocenters. The van der Waals surface area contributed by atoms with Crippen LogP contribution in [0, 0.1) is 0 Å². The van der Waals surface area contributed by atoms with Crippen molar-refractivity contribution in [2.45, 2.75) is 25.0 Å². The number of morpholine rings is 1. The summed E-state index contributed by atoms with van der Waals surface area (Å²) in [4.78, 5) is 19.9. The number of fused-ring (bicyclic) bond motifs is 1. The zero-order chi connectivity index (χ0) is 19.8. The lowest BCUT2D eigenvalue weighted by Crippen LogP contribution is -2.39. The van der Waals surface area contributed by atoms with E-state index >= 15 is 0 Å². The van der Waals surface area contributed by atoms with Crippen LogP contribution in [-0.4, -0.2) is 36.6 Å².